The van der Waals surface area contributed by atoms with Crippen LogP contribution in [0.1, 0.15) is 34.1 Å². The van der Waals surface area contributed by atoms with Crippen molar-refractivity contribution in [2.75, 3.05) is 6.61 Å². The number of carbonyl (C=O) groups excluding carboxylic acids is 1. The van der Waals surface area contributed by atoms with Crippen molar-refractivity contribution < 1.29 is 19.4 Å². The van der Waals surface area contributed by atoms with Gasteiger partial charge in [-0.05, 0) is 53.4 Å². The van der Waals surface area contributed by atoms with Crippen LogP contribution in [0.4, 0.5) is 0 Å². The van der Waals surface area contributed by atoms with Crippen LogP contribution in [0.15, 0.2) is 91.0 Å². The molecule has 0 aliphatic carbocycles. The van der Waals surface area contributed by atoms with E-state index in [0.717, 1.165) is 49.8 Å². The van der Waals surface area contributed by atoms with Crippen molar-refractivity contribution in [1.82, 2.24) is 13.3 Å². The molecule has 0 fully saturated rings. The van der Waals surface area contributed by atoms with Gasteiger partial charge in [0.05, 0.1) is 30.5 Å². The first-order chi connectivity index (χ1) is 19.6. The summed E-state index contributed by atoms with van der Waals surface area (Å²) in [4.78, 5) is 13.6. The third kappa shape index (κ3) is 5.06. The lowest BCUT2D eigenvalue weighted by Crippen LogP contribution is -2.14. The number of aromatic nitrogens is 3. The fourth-order valence-corrected chi connectivity index (χ4v) is 5.43. The van der Waals surface area contributed by atoms with Gasteiger partial charge in [0.2, 0.25) is 0 Å². The molecular weight excluding hydrogens is 522 g/mol. The zero-order valence-corrected chi connectivity index (χ0v) is 22.7. The Morgan fingerprint density at radius 2 is 1.65 bits per heavy atom. The van der Waals surface area contributed by atoms with Gasteiger partial charge in [-0.2, -0.15) is 8.75 Å². The zero-order chi connectivity index (χ0) is 27.5. The summed E-state index contributed by atoms with van der Waals surface area (Å²) in [6.07, 6.45) is 0. The molecule has 2 heterocycles. The van der Waals surface area contributed by atoms with Crippen LogP contribution in [0, 0.1) is 0 Å². The predicted octanol–water partition coefficient (Wildman–Crippen LogP) is 6.61. The summed E-state index contributed by atoms with van der Waals surface area (Å²) < 4.78 is 22.5. The van der Waals surface area contributed by atoms with Gasteiger partial charge in [0, 0.05) is 23.6 Å². The molecule has 0 radical (unpaired) electrons. The molecule has 40 heavy (non-hydrogen) atoms. The van der Waals surface area contributed by atoms with Crippen LogP contribution < -0.4 is 4.74 Å². The second-order valence-corrected chi connectivity index (χ2v) is 9.95. The van der Waals surface area contributed by atoms with Gasteiger partial charge in [0.1, 0.15) is 29.1 Å². The Hall–Kier alpha value is -4.53. The topological polar surface area (TPSA) is 86.5 Å². The average Bonchev–Trinajstić information content (AvgIpc) is 3.59. The fourth-order valence-electron chi connectivity index (χ4n) is 4.91. The highest BCUT2D eigenvalue weighted by atomic mass is 32.1. The van der Waals surface area contributed by atoms with Crippen LogP contribution in [0.5, 0.6) is 5.75 Å². The molecule has 8 heteroatoms. The largest absolute Gasteiger partial charge is 0.489 e. The lowest BCUT2D eigenvalue weighted by atomic mass is 10.0. The van der Waals surface area contributed by atoms with E-state index in [-0.39, 0.29) is 13.2 Å². The van der Waals surface area contributed by atoms with Crippen molar-refractivity contribution in [3.8, 4) is 16.9 Å². The maximum absolute atomic E-state index is 13.6. The van der Waals surface area contributed by atoms with Gasteiger partial charge in [-0.15, -0.1) is 0 Å². The third-order valence-electron chi connectivity index (χ3n) is 6.84. The minimum absolute atomic E-state index is 0.0527. The number of hydrogen-bond acceptors (Lipinski definition) is 7. The van der Waals surface area contributed by atoms with Crippen LogP contribution in [-0.2, 0) is 24.5 Å². The Balaban J connectivity index is 1.52. The van der Waals surface area contributed by atoms with E-state index in [1.54, 1.807) is 6.92 Å². The highest BCUT2D eigenvalue weighted by Gasteiger charge is 2.26. The molecular formula is C32H27N3O4S. The van der Waals surface area contributed by atoms with E-state index in [4.69, 9.17) is 9.47 Å². The first kappa shape index (κ1) is 25.7. The summed E-state index contributed by atoms with van der Waals surface area (Å²) in [5.74, 6) is 0.301. The molecule has 200 valence electrons. The van der Waals surface area contributed by atoms with Gasteiger partial charge in [-0.1, -0.05) is 60.7 Å². The zero-order valence-electron chi connectivity index (χ0n) is 21.9. The number of aliphatic hydroxyl groups excluding tert-OH is 1. The van der Waals surface area contributed by atoms with E-state index in [1.807, 2.05) is 95.6 Å². The smallest absolute Gasteiger partial charge is 0.355 e. The average molecular weight is 550 g/mol. The molecule has 6 aromatic rings. The molecule has 7 nitrogen and oxygen atoms in total. The second-order valence-electron chi connectivity index (χ2n) is 9.43. The Morgan fingerprint density at radius 1 is 0.875 bits per heavy atom. The molecule has 0 atom stereocenters. The number of benzene rings is 4. The Morgan fingerprint density at radius 3 is 2.42 bits per heavy atom. The molecule has 0 spiro atoms. The van der Waals surface area contributed by atoms with Gasteiger partial charge >= 0.3 is 5.97 Å². The molecule has 4 aromatic carbocycles. The monoisotopic (exact) mass is 549 g/mol. The minimum atomic E-state index is -0.400. The van der Waals surface area contributed by atoms with E-state index in [0.29, 0.717) is 24.6 Å². The lowest BCUT2D eigenvalue weighted by Gasteiger charge is -2.13. The normalized spacial score (nSPS) is 11.2. The Kier molecular flexibility index (Phi) is 7.27. The van der Waals surface area contributed by atoms with Gasteiger partial charge < -0.3 is 19.1 Å². The molecule has 1 N–H and O–H groups in total. The molecule has 0 bridgehead atoms. The quantitative estimate of drug-likeness (QED) is 0.204. The molecule has 2 aromatic heterocycles. The molecule has 0 amide bonds. The summed E-state index contributed by atoms with van der Waals surface area (Å²) in [5, 5.41) is 10.5. The van der Waals surface area contributed by atoms with E-state index in [1.165, 1.54) is 11.7 Å². The highest BCUT2D eigenvalue weighted by Crippen LogP contribution is 2.38. The maximum Gasteiger partial charge on any atom is 0.355 e. The molecule has 0 saturated heterocycles. The lowest BCUT2D eigenvalue weighted by molar-refractivity contribution is 0.0516. The fraction of sp³-hybridized carbons (Fsp3) is 0.156. The van der Waals surface area contributed by atoms with Crippen LogP contribution >= 0.6 is 11.7 Å². The van der Waals surface area contributed by atoms with E-state index in [2.05, 4.69) is 8.75 Å². The maximum atomic E-state index is 13.6. The van der Waals surface area contributed by atoms with Crippen LogP contribution in [-0.4, -0.2) is 31.0 Å². The number of nitrogens with zero attached hydrogens (tertiary/aromatic N) is 3. The van der Waals surface area contributed by atoms with Gasteiger partial charge in [0.15, 0.2) is 0 Å². The van der Waals surface area contributed by atoms with Crippen molar-refractivity contribution in [1.29, 1.82) is 0 Å². The van der Waals surface area contributed by atoms with Crippen molar-refractivity contribution in [2.24, 2.45) is 0 Å². The third-order valence-corrected chi connectivity index (χ3v) is 7.39. The second kappa shape index (κ2) is 11.3. The number of rotatable bonds is 9. The molecule has 6 rings (SSSR count). The summed E-state index contributed by atoms with van der Waals surface area (Å²) >= 11 is 1.18. The molecule has 0 saturated carbocycles. The van der Waals surface area contributed by atoms with E-state index in [9.17, 15) is 9.90 Å². The Labute approximate surface area is 235 Å². The predicted molar refractivity (Wildman–Crippen MR) is 157 cm³/mol. The number of carbonyl (C=O) groups is 1. The van der Waals surface area contributed by atoms with Crippen LogP contribution in [0.2, 0.25) is 0 Å². The Bertz CT molecular complexity index is 1790. The molecule has 0 unspecified atom stereocenters. The van der Waals surface area contributed by atoms with Gasteiger partial charge in [-0.25, -0.2) is 4.79 Å². The summed E-state index contributed by atoms with van der Waals surface area (Å²) in [5.41, 5.74) is 7.48. The van der Waals surface area contributed by atoms with Crippen molar-refractivity contribution in [3.05, 3.63) is 113 Å². The van der Waals surface area contributed by atoms with Crippen molar-refractivity contribution in [2.45, 2.75) is 26.7 Å². The van der Waals surface area contributed by atoms with E-state index < -0.39 is 5.97 Å². The summed E-state index contributed by atoms with van der Waals surface area (Å²) in [7, 11) is 0. The van der Waals surface area contributed by atoms with Crippen LogP contribution in [0.3, 0.4) is 0 Å². The van der Waals surface area contributed by atoms with E-state index >= 15 is 0 Å². The number of esters is 1. The first-order valence-electron chi connectivity index (χ1n) is 13.1. The van der Waals surface area contributed by atoms with Gasteiger partial charge in [-0.3, -0.25) is 0 Å². The number of fused-ring (bicyclic) bond motifs is 2. The SMILES string of the molecule is CCOC(=O)c1c(-c2ccc(CO)cc2)c2ccc(OCc3ccccc3)cc2n1Cc1ccc2nsnc2c1. The molecule has 0 aliphatic heterocycles. The van der Waals surface area contributed by atoms with Crippen molar-refractivity contribution >= 4 is 39.6 Å². The summed E-state index contributed by atoms with van der Waals surface area (Å²) in [6, 6.07) is 29.5. The highest BCUT2D eigenvalue weighted by molar-refractivity contribution is 7.00. The molecule has 0 aliphatic rings. The van der Waals surface area contributed by atoms with Gasteiger partial charge in [0.25, 0.3) is 0 Å². The number of ether oxygens (including phenoxy) is 2. The minimum Gasteiger partial charge on any atom is -0.489 e. The standard InChI is InChI=1S/C32H27N3O4S/c1-2-38-32(37)31-30(24-11-8-21(19-36)9-12-24)26-14-13-25(39-20-22-6-4-3-5-7-22)17-29(26)35(31)18-23-10-15-27-28(16-23)34-40-33-27/h3-17,36H,2,18-20H2,1H3. The number of aliphatic hydroxyl groups is 1. The first-order valence-corrected chi connectivity index (χ1v) is 13.8. The van der Waals surface area contributed by atoms with Crippen LogP contribution in [0.25, 0.3) is 33.1 Å². The van der Waals surface area contributed by atoms with Crippen molar-refractivity contribution in [3.63, 3.8) is 0 Å². The number of hydrogen-bond donors (Lipinski definition) is 1. The summed E-state index contributed by atoms with van der Waals surface area (Å²) in [6.45, 7) is 2.86.